The lowest BCUT2D eigenvalue weighted by Gasteiger charge is -2.43. The number of carbonyl (C=O) groups excluding carboxylic acids is 1. The molecule has 3 fully saturated rings. The van der Waals surface area contributed by atoms with Gasteiger partial charge in [-0.2, -0.15) is 4.31 Å². The number of aromatic nitrogens is 2. The highest BCUT2D eigenvalue weighted by Crippen LogP contribution is 2.61. The molecular formula is C25H41N3O23P2. The molecule has 4 heterocycles. The number of amides is 1. The monoisotopic (exact) mass is 813 g/mol. The van der Waals surface area contributed by atoms with Gasteiger partial charge in [-0.15, -0.1) is 0 Å². The average Bonchev–Trinajstić information content (AvgIpc) is 3.35. The molecular weight excluding hydrogens is 772 g/mol. The van der Waals surface area contributed by atoms with Crippen LogP contribution >= 0.6 is 15.6 Å². The molecule has 28 heteroatoms. The molecule has 3 aliphatic heterocycles. The van der Waals surface area contributed by atoms with Gasteiger partial charge in [0.05, 0.1) is 19.8 Å². The molecule has 304 valence electrons. The molecule has 0 aliphatic carbocycles. The van der Waals surface area contributed by atoms with E-state index in [0.717, 1.165) is 19.2 Å². The second kappa shape index (κ2) is 18.2. The van der Waals surface area contributed by atoms with Crippen LogP contribution in [0.2, 0.25) is 0 Å². The van der Waals surface area contributed by atoms with E-state index in [9.17, 15) is 69.0 Å². The van der Waals surface area contributed by atoms with Crippen LogP contribution in [0.3, 0.4) is 0 Å². The molecule has 0 aromatic carbocycles. The first-order chi connectivity index (χ1) is 24.8. The molecule has 2 unspecified atom stereocenters. The first-order valence-electron chi connectivity index (χ1n) is 15.4. The van der Waals surface area contributed by atoms with Crippen molar-refractivity contribution in [3.8, 4) is 0 Å². The lowest BCUT2D eigenvalue weighted by molar-refractivity contribution is -0.312. The summed E-state index contributed by atoms with van der Waals surface area (Å²) in [5, 5.41) is 74.2. The van der Waals surface area contributed by atoms with Crippen LogP contribution < -0.4 is 16.6 Å². The Kier molecular flexibility index (Phi) is 15.0. The molecule has 1 amide bonds. The number of carbonyl (C=O) groups is 1. The highest BCUT2D eigenvalue weighted by atomic mass is 31.3. The Morgan fingerprint density at radius 1 is 0.887 bits per heavy atom. The maximum absolute atomic E-state index is 12.9. The van der Waals surface area contributed by atoms with Crippen molar-refractivity contribution in [2.75, 3.05) is 33.7 Å². The Labute approximate surface area is 297 Å². The van der Waals surface area contributed by atoms with E-state index in [0.29, 0.717) is 4.57 Å². The quantitative estimate of drug-likeness (QED) is 0.0420. The first kappa shape index (κ1) is 43.6. The van der Waals surface area contributed by atoms with E-state index in [1.807, 2.05) is 4.98 Å². The van der Waals surface area contributed by atoms with Crippen molar-refractivity contribution in [1.29, 1.82) is 0 Å². The highest BCUT2D eigenvalue weighted by Gasteiger charge is 2.51. The summed E-state index contributed by atoms with van der Waals surface area (Å²) in [5.74, 6) is -0.851. The van der Waals surface area contributed by atoms with Gasteiger partial charge in [-0.1, -0.05) is 0 Å². The number of ether oxygens (including phenoxy) is 6. The third kappa shape index (κ3) is 10.8. The van der Waals surface area contributed by atoms with Gasteiger partial charge in [0, 0.05) is 26.3 Å². The Hall–Kier alpha value is -2.11. The maximum Gasteiger partial charge on any atom is 0.483 e. The number of nitrogens with zero attached hydrogens (tertiary/aromatic N) is 1. The predicted molar refractivity (Wildman–Crippen MR) is 164 cm³/mol. The van der Waals surface area contributed by atoms with Crippen LogP contribution in [-0.4, -0.2) is 174 Å². The van der Waals surface area contributed by atoms with Gasteiger partial charge >= 0.3 is 21.3 Å². The van der Waals surface area contributed by atoms with Crippen molar-refractivity contribution in [3.05, 3.63) is 33.1 Å². The summed E-state index contributed by atoms with van der Waals surface area (Å²) in [4.78, 5) is 57.6. The zero-order valence-electron chi connectivity index (χ0n) is 27.6. The van der Waals surface area contributed by atoms with Gasteiger partial charge in [-0.05, 0) is 0 Å². The van der Waals surface area contributed by atoms with E-state index < -0.39 is 145 Å². The molecule has 0 radical (unpaired) electrons. The Bertz CT molecular complexity index is 1600. The molecule has 0 bridgehead atoms. The lowest BCUT2D eigenvalue weighted by atomic mass is 9.97. The summed E-state index contributed by atoms with van der Waals surface area (Å²) in [5.41, 5.74) is -1.80. The summed E-state index contributed by atoms with van der Waals surface area (Å²) >= 11 is 0. The molecule has 53 heavy (non-hydrogen) atoms. The van der Waals surface area contributed by atoms with Crippen LogP contribution in [0.5, 0.6) is 0 Å². The van der Waals surface area contributed by atoms with Gasteiger partial charge in [0.15, 0.2) is 18.8 Å². The van der Waals surface area contributed by atoms with Gasteiger partial charge in [-0.3, -0.25) is 28.2 Å². The number of hydrogen-bond acceptors (Lipinski definition) is 21. The number of phosphoric acid groups is 2. The summed E-state index contributed by atoms with van der Waals surface area (Å²) in [6.45, 7) is -2.17. The number of aromatic amines is 1. The smallest absolute Gasteiger partial charge is 0.394 e. The molecule has 3 aliphatic rings. The summed E-state index contributed by atoms with van der Waals surface area (Å²) in [7, 11) is -10.2. The maximum atomic E-state index is 12.9. The fourth-order valence-electron chi connectivity index (χ4n) is 5.49. The van der Waals surface area contributed by atoms with Gasteiger partial charge in [0.2, 0.25) is 5.91 Å². The largest absolute Gasteiger partial charge is 0.483 e. The molecule has 1 aromatic rings. The number of phosphoric ester groups is 2. The van der Waals surface area contributed by atoms with Crippen LogP contribution in [0.15, 0.2) is 21.9 Å². The minimum Gasteiger partial charge on any atom is -0.394 e. The van der Waals surface area contributed by atoms with E-state index in [1.54, 1.807) is 0 Å². The van der Waals surface area contributed by atoms with Crippen molar-refractivity contribution < 1.29 is 101 Å². The van der Waals surface area contributed by atoms with E-state index in [4.69, 9.17) is 32.9 Å². The van der Waals surface area contributed by atoms with Crippen LogP contribution in [0.25, 0.3) is 0 Å². The number of aliphatic hydroxyl groups is 7. The van der Waals surface area contributed by atoms with Gasteiger partial charge < -0.3 is 79.3 Å². The number of nitrogens with one attached hydrogen (secondary N) is 2. The second-order valence-corrected chi connectivity index (χ2v) is 14.8. The van der Waals surface area contributed by atoms with Crippen LogP contribution in [-0.2, 0) is 55.7 Å². The summed E-state index contributed by atoms with van der Waals surface area (Å²) in [6, 6.07) is -0.888. The summed E-state index contributed by atoms with van der Waals surface area (Å²) in [6.07, 6.45) is -20.6. The van der Waals surface area contributed by atoms with Crippen molar-refractivity contribution >= 4 is 21.6 Å². The Morgan fingerprint density at radius 3 is 2.15 bits per heavy atom. The Balaban J connectivity index is 1.36. The fourth-order valence-corrected chi connectivity index (χ4v) is 7.65. The van der Waals surface area contributed by atoms with Crippen molar-refractivity contribution in [3.63, 3.8) is 0 Å². The SMILES string of the molecule is CO[C@@H]1O[C@H](CO)[C@@H](OCOC[C@H]2O[C@H](OP(=O)(O)OP(=O)(O)OC[C@H]3O[C@@H](n4ccc(=O)[nH]c4=O)[C@H](O)[C@@H]3O)[C@H](NC(C)=O)[C@@H](O)[C@@H]2O)[C@H](O)[C@@H]1O. The summed E-state index contributed by atoms with van der Waals surface area (Å²) < 4.78 is 71.5. The number of rotatable bonds is 16. The standard InChI is InChI=1S/C25H41N3O23P2/c1-9(30)26-14-17(34)15(32)11(6-44-8-45-21-10(5-29)48-24(43-2)20(37)18(21)35)49-23(14)50-53(41,42)51-52(39,40)46-7-12-16(33)19(36)22(47-12)28-4-3-13(31)27-25(28)38/h3-4,10-12,14-24,29,32-37H,5-8H2,1-2H3,(H,26,30)(H,39,40)(H,41,42)(H,27,31,38)/t10-,11-,12-,14-,15-,16-,17-,18-,19-,20+,21-,22-,23-,24-/m1/s1. The van der Waals surface area contributed by atoms with Crippen LogP contribution in [0, 0.1) is 0 Å². The third-order valence-electron chi connectivity index (χ3n) is 8.06. The number of H-pyrrole nitrogens is 1. The zero-order valence-corrected chi connectivity index (χ0v) is 29.4. The van der Waals surface area contributed by atoms with Crippen molar-refractivity contribution in [2.24, 2.45) is 0 Å². The topological polar surface area (TPSA) is 383 Å². The minimum absolute atomic E-state index is 0.662. The van der Waals surface area contributed by atoms with Crippen molar-refractivity contribution in [1.82, 2.24) is 14.9 Å². The van der Waals surface area contributed by atoms with Gasteiger partial charge in [-0.25, -0.2) is 13.9 Å². The van der Waals surface area contributed by atoms with E-state index in [1.165, 1.54) is 7.11 Å². The number of methoxy groups -OCH3 is 1. The number of hydrogen-bond donors (Lipinski definition) is 11. The molecule has 11 N–H and O–H groups in total. The molecule has 0 spiro atoms. The van der Waals surface area contributed by atoms with E-state index in [-0.39, 0.29) is 0 Å². The zero-order chi connectivity index (χ0) is 39.4. The lowest BCUT2D eigenvalue weighted by Crippen LogP contribution is -2.64. The minimum atomic E-state index is -5.78. The van der Waals surface area contributed by atoms with Gasteiger partial charge in [0.1, 0.15) is 73.9 Å². The fraction of sp³-hybridized carbons (Fsp3) is 0.800. The highest BCUT2D eigenvalue weighted by molar-refractivity contribution is 7.61. The van der Waals surface area contributed by atoms with E-state index in [2.05, 4.69) is 14.2 Å². The molecule has 26 nitrogen and oxygen atoms in total. The second-order valence-electron chi connectivity index (χ2n) is 11.8. The van der Waals surface area contributed by atoms with Crippen LogP contribution in [0.4, 0.5) is 0 Å². The van der Waals surface area contributed by atoms with Gasteiger partial charge in [0.25, 0.3) is 5.56 Å². The molecule has 1 aromatic heterocycles. The van der Waals surface area contributed by atoms with E-state index >= 15 is 0 Å². The normalized spacial score (nSPS) is 38.5. The van der Waals surface area contributed by atoms with Crippen LogP contribution in [0.1, 0.15) is 13.2 Å². The average molecular weight is 814 g/mol. The predicted octanol–water partition coefficient (Wildman–Crippen LogP) is -6.20. The van der Waals surface area contributed by atoms with Crippen molar-refractivity contribution in [2.45, 2.75) is 92.8 Å². The molecule has 16 atom stereocenters. The number of aliphatic hydroxyl groups excluding tert-OH is 7. The Morgan fingerprint density at radius 2 is 1.53 bits per heavy atom. The molecule has 3 saturated heterocycles. The molecule has 4 rings (SSSR count). The third-order valence-corrected chi connectivity index (χ3v) is 10.7. The first-order valence-corrected chi connectivity index (χ1v) is 18.4. The molecule has 0 saturated carbocycles.